The van der Waals surface area contributed by atoms with Crippen LogP contribution in [0.3, 0.4) is 0 Å². The minimum Gasteiger partial charge on any atom is -0.353 e. The van der Waals surface area contributed by atoms with E-state index < -0.39 is 0 Å². The minimum absolute atomic E-state index is 0.00553. The van der Waals surface area contributed by atoms with Crippen LogP contribution in [0.15, 0.2) is 30.9 Å². The number of hydrogen-bond acceptors (Lipinski definition) is 1. The fourth-order valence-corrected chi connectivity index (χ4v) is 1.55. The summed E-state index contributed by atoms with van der Waals surface area (Å²) in [6.45, 7) is 4.03. The lowest BCUT2D eigenvalue weighted by Gasteiger charge is -2.04. The van der Waals surface area contributed by atoms with E-state index in [1.54, 1.807) is 18.2 Å². The summed E-state index contributed by atoms with van der Waals surface area (Å²) in [5, 5.41) is 3.76. The Hall–Kier alpha value is -0.990. The number of benzene rings is 1. The van der Waals surface area contributed by atoms with Gasteiger partial charge in [-0.05, 0) is 24.1 Å². The number of rotatable bonds is 5. The summed E-state index contributed by atoms with van der Waals surface area (Å²) in [5.74, 6) is 0.00553. The first-order valence-electron chi connectivity index (χ1n) is 4.95. The molecule has 0 aromatic heterocycles. The smallest absolute Gasteiger partial charge is 0.220 e. The maximum atomic E-state index is 11.3. The molecular formula is C12H13Cl2NO. The van der Waals surface area contributed by atoms with E-state index in [2.05, 4.69) is 11.9 Å². The molecule has 16 heavy (non-hydrogen) atoms. The molecule has 0 aliphatic carbocycles. The van der Waals surface area contributed by atoms with E-state index in [0.29, 0.717) is 29.4 Å². The van der Waals surface area contributed by atoms with Gasteiger partial charge in [-0.15, -0.1) is 6.58 Å². The van der Waals surface area contributed by atoms with Crippen LogP contribution in [0.5, 0.6) is 0 Å². The number of nitrogens with one attached hydrogen (secondary N) is 1. The molecule has 86 valence electrons. The summed E-state index contributed by atoms with van der Waals surface area (Å²) in [7, 11) is 0. The van der Waals surface area contributed by atoms with Gasteiger partial charge in [-0.1, -0.05) is 35.3 Å². The van der Waals surface area contributed by atoms with Gasteiger partial charge >= 0.3 is 0 Å². The highest BCUT2D eigenvalue weighted by Crippen LogP contribution is 2.23. The van der Waals surface area contributed by atoms with E-state index in [9.17, 15) is 4.79 Å². The highest BCUT2D eigenvalue weighted by molar-refractivity contribution is 6.42. The maximum Gasteiger partial charge on any atom is 0.220 e. The first kappa shape index (κ1) is 13.1. The molecule has 1 rings (SSSR count). The maximum absolute atomic E-state index is 11.3. The summed E-state index contributed by atoms with van der Waals surface area (Å²) >= 11 is 11.7. The van der Waals surface area contributed by atoms with Gasteiger partial charge in [-0.3, -0.25) is 4.79 Å². The van der Waals surface area contributed by atoms with Gasteiger partial charge in [0.05, 0.1) is 10.0 Å². The summed E-state index contributed by atoms with van der Waals surface area (Å²) in [5.41, 5.74) is 1.00. The number of carbonyl (C=O) groups is 1. The molecule has 1 amide bonds. The van der Waals surface area contributed by atoms with Gasteiger partial charge in [0.2, 0.25) is 5.91 Å². The number of amides is 1. The second kappa shape index (κ2) is 6.56. The van der Waals surface area contributed by atoms with E-state index in [1.807, 2.05) is 6.07 Å². The zero-order valence-electron chi connectivity index (χ0n) is 8.80. The molecule has 0 fully saturated rings. The molecule has 0 aliphatic heterocycles. The van der Waals surface area contributed by atoms with Crippen LogP contribution >= 0.6 is 23.2 Å². The first-order valence-corrected chi connectivity index (χ1v) is 5.70. The number of halogens is 2. The summed E-state index contributed by atoms with van der Waals surface area (Å²) < 4.78 is 0. The van der Waals surface area contributed by atoms with Crippen LogP contribution in [0.4, 0.5) is 0 Å². The Balaban J connectivity index is 2.45. The van der Waals surface area contributed by atoms with Crippen LogP contribution in [0.2, 0.25) is 10.0 Å². The van der Waals surface area contributed by atoms with Crippen molar-refractivity contribution in [3.05, 3.63) is 46.5 Å². The molecule has 0 aliphatic rings. The average molecular weight is 258 g/mol. The summed E-state index contributed by atoms with van der Waals surface area (Å²) in [4.78, 5) is 11.3. The lowest BCUT2D eigenvalue weighted by molar-refractivity contribution is -0.120. The predicted molar refractivity (Wildman–Crippen MR) is 68.0 cm³/mol. The molecular weight excluding hydrogens is 245 g/mol. The van der Waals surface area contributed by atoms with E-state index in [1.165, 1.54) is 0 Å². The van der Waals surface area contributed by atoms with Crippen molar-refractivity contribution in [3.8, 4) is 0 Å². The second-order valence-electron chi connectivity index (χ2n) is 3.34. The molecule has 1 aromatic carbocycles. The van der Waals surface area contributed by atoms with Crippen molar-refractivity contribution in [2.75, 3.05) is 6.54 Å². The highest BCUT2D eigenvalue weighted by Gasteiger charge is 2.03. The molecule has 0 atom stereocenters. The van der Waals surface area contributed by atoms with Crippen molar-refractivity contribution in [1.29, 1.82) is 0 Å². The van der Waals surface area contributed by atoms with Gasteiger partial charge in [0.25, 0.3) is 0 Å². The van der Waals surface area contributed by atoms with Gasteiger partial charge in [-0.25, -0.2) is 0 Å². The Labute approximate surface area is 105 Å². The number of hydrogen-bond donors (Lipinski definition) is 1. The van der Waals surface area contributed by atoms with Gasteiger partial charge < -0.3 is 5.32 Å². The Kier molecular flexibility index (Phi) is 5.36. The van der Waals surface area contributed by atoms with Crippen LogP contribution in [0.25, 0.3) is 0 Å². The standard InChI is InChI=1S/C12H13Cl2NO/c1-2-7-15-12(16)6-4-9-3-5-10(13)11(14)8-9/h2-3,5,8H,1,4,6-7H2,(H,15,16). The van der Waals surface area contributed by atoms with Gasteiger partial charge in [0.1, 0.15) is 0 Å². The fraction of sp³-hybridized carbons (Fsp3) is 0.250. The summed E-state index contributed by atoms with van der Waals surface area (Å²) in [6.07, 6.45) is 2.74. The van der Waals surface area contributed by atoms with Crippen molar-refractivity contribution >= 4 is 29.1 Å². The quantitative estimate of drug-likeness (QED) is 0.807. The van der Waals surface area contributed by atoms with Gasteiger partial charge in [0, 0.05) is 13.0 Å². The van der Waals surface area contributed by atoms with Crippen molar-refractivity contribution < 1.29 is 4.79 Å². The Morgan fingerprint density at radius 1 is 1.38 bits per heavy atom. The minimum atomic E-state index is 0.00553. The highest BCUT2D eigenvalue weighted by atomic mass is 35.5. The zero-order valence-corrected chi connectivity index (χ0v) is 10.3. The normalized spacial score (nSPS) is 9.88. The SMILES string of the molecule is C=CCNC(=O)CCc1ccc(Cl)c(Cl)c1. The van der Waals surface area contributed by atoms with Crippen molar-refractivity contribution in [2.24, 2.45) is 0 Å². The van der Waals surface area contributed by atoms with Crippen LogP contribution in [0, 0.1) is 0 Å². The number of aryl methyl sites for hydroxylation is 1. The molecule has 0 saturated heterocycles. The second-order valence-corrected chi connectivity index (χ2v) is 4.16. The van der Waals surface area contributed by atoms with Crippen LogP contribution < -0.4 is 5.32 Å². The molecule has 2 nitrogen and oxygen atoms in total. The van der Waals surface area contributed by atoms with Crippen LogP contribution in [-0.4, -0.2) is 12.5 Å². The van der Waals surface area contributed by atoms with Gasteiger partial charge in [0.15, 0.2) is 0 Å². The number of carbonyl (C=O) groups excluding carboxylic acids is 1. The van der Waals surface area contributed by atoms with E-state index in [0.717, 1.165) is 5.56 Å². The third-order valence-corrected chi connectivity index (χ3v) is 2.81. The fourth-order valence-electron chi connectivity index (χ4n) is 1.23. The Morgan fingerprint density at radius 2 is 2.12 bits per heavy atom. The van der Waals surface area contributed by atoms with Crippen molar-refractivity contribution in [1.82, 2.24) is 5.32 Å². The molecule has 0 radical (unpaired) electrons. The third kappa shape index (κ3) is 4.25. The lowest BCUT2D eigenvalue weighted by atomic mass is 10.1. The first-order chi connectivity index (χ1) is 7.63. The summed E-state index contributed by atoms with van der Waals surface area (Å²) in [6, 6.07) is 5.39. The average Bonchev–Trinajstić information content (AvgIpc) is 2.28. The zero-order chi connectivity index (χ0) is 12.0. The van der Waals surface area contributed by atoms with E-state index in [4.69, 9.17) is 23.2 Å². The van der Waals surface area contributed by atoms with Gasteiger partial charge in [-0.2, -0.15) is 0 Å². The topological polar surface area (TPSA) is 29.1 Å². The molecule has 0 unspecified atom stereocenters. The van der Waals surface area contributed by atoms with E-state index in [-0.39, 0.29) is 5.91 Å². The Morgan fingerprint density at radius 3 is 2.75 bits per heavy atom. The molecule has 0 saturated carbocycles. The molecule has 4 heteroatoms. The molecule has 0 bridgehead atoms. The van der Waals surface area contributed by atoms with E-state index >= 15 is 0 Å². The van der Waals surface area contributed by atoms with Crippen molar-refractivity contribution in [3.63, 3.8) is 0 Å². The Bertz CT molecular complexity index is 391. The largest absolute Gasteiger partial charge is 0.353 e. The molecule has 1 aromatic rings. The van der Waals surface area contributed by atoms with Crippen LogP contribution in [0.1, 0.15) is 12.0 Å². The third-order valence-electron chi connectivity index (χ3n) is 2.07. The van der Waals surface area contributed by atoms with Crippen LogP contribution in [-0.2, 0) is 11.2 Å². The molecule has 0 heterocycles. The molecule has 1 N–H and O–H groups in total. The monoisotopic (exact) mass is 257 g/mol. The predicted octanol–water partition coefficient (Wildman–Crippen LogP) is 3.23. The molecule has 0 spiro atoms. The lowest BCUT2D eigenvalue weighted by Crippen LogP contribution is -2.23. The van der Waals surface area contributed by atoms with Crippen molar-refractivity contribution in [2.45, 2.75) is 12.8 Å².